The van der Waals surface area contributed by atoms with Crippen LogP contribution >= 0.6 is 0 Å². The van der Waals surface area contributed by atoms with Crippen LogP contribution in [0.4, 0.5) is 5.82 Å². The largest absolute Gasteiger partial charge is 0.352 e. The van der Waals surface area contributed by atoms with Gasteiger partial charge in [0.2, 0.25) is 0 Å². The van der Waals surface area contributed by atoms with Gasteiger partial charge in [-0.2, -0.15) is 5.10 Å². The average molecular weight is 217 g/mol. The Balaban J connectivity index is 1.98. The first-order chi connectivity index (χ1) is 7.78. The fraction of sp³-hybridized carbons (Fsp3) is 0.455. The molecule has 0 radical (unpaired) electrons. The van der Waals surface area contributed by atoms with Crippen molar-refractivity contribution in [2.75, 3.05) is 25.0 Å². The highest BCUT2D eigenvalue weighted by Gasteiger charge is 2.27. The second-order valence-electron chi connectivity index (χ2n) is 4.26. The smallest absolute Gasteiger partial charge is 0.154 e. The summed E-state index contributed by atoms with van der Waals surface area (Å²) in [6, 6.07) is 2.67. The van der Waals surface area contributed by atoms with Gasteiger partial charge >= 0.3 is 0 Å². The third kappa shape index (κ3) is 1.36. The first-order valence-electron chi connectivity index (χ1n) is 5.51. The molecule has 5 heteroatoms. The number of anilines is 1. The first kappa shape index (κ1) is 9.59. The van der Waals surface area contributed by atoms with Crippen molar-refractivity contribution in [3.8, 4) is 0 Å². The number of hydrogen-bond acceptors (Lipinski definition) is 4. The van der Waals surface area contributed by atoms with Crippen LogP contribution in [0.2, 0.25) is 0 Å². The Morgan fingerprint density at radius 3 is 3.00 bits per heavy atom. The van der Waals surface area contributed by atoms with E-state index in [9.17, 15) is 0 Å². The van der Waals surface area contributed by atoms with Crippen molar-refractivity contribution in [2.45, 2.75) is 13.0 Å². The number of aryl methyl sites for hydroxylation is 1. The lowest BCUT2D eigenvalue weighted by Gasteiger charge is -2.40. The minimum absolute atomic E-state index is 0.589. The maximum atomic E-state index is 4.45. The SMILES string of the molecule is CNC1CN(c2nccn3nc(C)cc23)C1. The molecule has 0 spiro atoms. The maximum Gasteiger partial charge on any atom is 0.154 e. The number of aromatic nitrogens is 3. The highest BCUT2D eigenvalue weighted by atomic mass is 15.3. The second kappa shape index (κ2) is 3.45. The van der Waals surface area contributed by atoms with Gasteiger partial charge in [-0.15, -0.1) is 0 Å². The minimum Gasteiger partial charge on any atom is -0.352 e. The predicted molar refractivity (Wildman–Crippen MR) is 62.8 cm³/mol. The summed E-state index contributed by atoms with van der Waals surface area (Å²) >= 11 is 0. The quantitative estimate of drug-likeness (QED) is 0.793. The van der Waals surface area contributed by atoms with E-state index in [1.165, 1.54) is 0 Å². The van der Waals surface area contributed by atoms with Crippen LogP contribution in [-0.2, 0) is 0 Å². The zero-order chi connectivity index (χ0) is 11.1. The monoisotopic (exact) mass is 217 g/mol. The molecule has 0 amide bonds. The Hall–Kier alpha value is -1.62. The van der Waals surface area contributed by atoms with E-state index in [2.05, 4.69) is 26.4 Å². The summed E-state index contributed by atoms with van der Waals surface area (Å²) in [6.07, 6.45) is 3.70. The molecular weight excluding hydrogens is 202 g/mol. The van der Waals surface area contributed by atoms with E-state index in [-0.39, 0.29) is 0 Å². The molecule has 2 aromatic heterocycles. The fourth-order valence-electron chi connectivity index (χ4n) is 2.11. The van der Waals surface area contributed by atoms with Gasteiger partial charge in [0, 0.05) is 31.5 Å². The molecule has 3 heterocycles. The zero-order valence-corrected chi connectivity index (χ0v) is 9.51. The first-order valence-corrected chi connectivity index (χ1v) is 5.51. The lowest BCUT2D eigenvalue weighted by atomic mass is 10.1. The van der Waals surface area contributed by atoms with Crippen LogP contribution < -0.4 is 10.2 Å². The van der Waals surface area contributed by atoms with E-state index in [4.69, 9.17) is 0 Å². The fourth-order valence-corrected chi connectivity index (χ4v) is 2.11. The standard InChI is InChI=1S/C11H15N5/c1-8-5-10-11(13-3-4-16(10)14-8)15-6-9(7-15)12-2/h3-5,9,12H,6-7H2,1-2H3. The Morgan fingerprint density at radius 1 is 1.44 bits per heavy atom. The Bertz CT molecular complexity index is 512. The Morgan fingerprint density at radius 2 is 2.25 bits per heavy atom. The summed E-state index contributed by atoms with van der Waals surface area (Å²) in [7, 11) is 2.00. The maximum absolute atomic E-state index is 4.45. The van der Waals surface area contributed by atoms with Gasteiger partial charge in [0.25, 0.3) is 0 Å². The van der Waals surface area contributed by atoms with E-state index < -0.39 is 0 Å². The molecule has 84 valence electrons. The van der Waals surface area contributed by atoms with Crippen molar-refractivity contribution >= 4 is 11.3 Å². The van der Waals surface area contributed by atoms with Gasteiger partial charge < -0.3 is 10.2 Å². The van der Waals surface area contributed by atoms with Gasteiger partial charge in [-0.1, -0.05) is 0 Å². The topological polar surface area (TPSA) is 45.5 Å². The molecule has 0 saturated carbocycles. The lowest BCUT2D eigenvalue weighted by molar-refractivity contribution is 0.447. The molecule has 16 heavy (non-hydrogen) atoms. The number of likely N-dealkylation sites (N-methyl/N-ethyl adjacent to an activating group) is 1. The Labute approximate surface area is 94.1 Å². The summed E-state index contributed by atoms with van der Waals surface area (Å²) in [5.74, 6) is 1.04. The molecule has 2 aromatic rings. The minimum atomic E-state index is 0.589. The molecule has 1 aliphatic heterocycles. The second-order valence-corrected chi connectivity index (χ2v) is 4.26. The molecule has 0 aliphatic carbocycles. The van der Waals surface area contributed by atoms with Crippen molar-refractivity contribution in [1.29, 1.82) is 0 Å². The van der Waals surface area contributed by atoms with E-state index >= 15 is 0 Å². The molecular formula is C11H15N5. The van der Waals surface area contributed by atoms with Gasteiger partial charge in [-0.05, 0) is 20.0 Å². The van der Waals surface area contributed by atoms with Crippen molar-refractivity contribution in [3.05, 3.63) is 24.2 Å². The third-order valence-corrected chi connectivity index (χ3v) is 3.08. The highest BCUT2D eigenvalue weighted by Crippen LogP contribution is 2.23. The number of hydrogen-bond donors (Lipinski definition) is 1. The molecule has 0 unspecified atom stereocenters. The lowest BCUT2D eigenvalue weighted by Crippen LogP contribution is -2.57. The summed E-state index contributed by atoms with van der Waals surface area (Å²) in [5, 5.41) is 7.65. The van der Waals surface area contributed by atoms with Crippen LogP contribution in [0.25, 0.3) is 5.52 Å². The predicted octanol–water partition coefficient (Wildman–Crippen LogP) is 0.446. The van der Waals surface area contributed by atoms with Gasteiger partial charge in [0.05, 0.1) is 5.69 Å². The molecule has 0 aromatic carbocycles. The van der Waals surface area contributed by atoms with Gasteiger partial charge in [-0.25, -0.2) is 9.50 Å². The van der Waals surface area contributed by atoms with Crippen molar-refractivity contribution in [3.63, 3.8) is 0 Å². The Kier molecular flexibility index (Phi) is 2.07. The molecule has 5 nitrogen and oxygen atoms in total. The van der Waals surface area contributed by atoms with Crippen LogP contribution in [0.5, 0.6) is 0 Å². The van der Waals surface area contributed by atoms with Crippen molar-refractivity contribution in [2.24, 2.45) is 0 Å². The van der Waals surface area contributed by atoms with E-state index in [1.807, 2.05) is 30.9 Å². The normalized spacial score (nSPS) is 16.8. The molecule has 0 atom stereocenters. The summed E-state index contributed by atoms with van der Waals surface area (Å²) < 4.78 is 1.89. The summed E-state index contributed by atoms with van der Waals surface area (Å²) in [4.78, 5) is 6.72. The van der Waals surface area contributed by atoms with Gasteiger partial charge in [0.1, 0.15) is 5.52 Å². The molecule has 1 aliphatic rings. The number of rotatable bonds is 2. The third-order valence-electron chi connectivity index (χ3n) is 3.08. The summed E-state index contributed by atoms with van der Waals surface area (Å²) in [6.45, 7) is 4.05. The van der Waals surface area contributed by atoms with Gasteiger partial charge in [-0.3, -0.25) is 0 Å². The average Bonchev–Trinajstić information content (AvgIpc) is 2.57. The highest BCUT2D eigenvalue weighted by molar-refractivity contribution is 5.70. The van der Waals surface area contributed by atoms with Crippen LogP contribution in [0.1, 0.15) is 5.69 Å². The summed E-state index contributed by atoms with van der Waals surface area (Å²) in [5.41, 5.74) is 2.12. The van der Waals surface area contributed by atoms with Gasteiger partial charge in [0.15, 0.2) is 5.82 Å². The molecule has 1 N–H and O–H groups in total. The number of nitrogens with one attached hydrogen (secondary N) is 1. The van der Waals surface area contributed by atoms with Crippen molar-refractivity contribution < 1.29 is 0 Å². The zero-order valence-electron chi connectivity index (χ0n) is 9.51. The van der Waals surface area contributed by atoms with E-state index in [1.54, 1.807) is 0 Å². The number of nitrogens with zero attached hydrogens (tertiary/aromatic N) is 4. The van der Waals surface area contributed by atoms with E-state index in [0.717, 1.165) is 30.1 Å². The van der Waals surface area contributed by atoms with Crippen LogP contribution in [0.15, 0.2) is 18.5 Å². The van der Waals surface area contributed by atoms with Crippen molar-refractivity contribution in [1.82, 2.24) is 19.9 Å². The molecule has 0 bridgehead atoms. The van der Waals surface area contributed by atoms with E-state index in [0.29, 0.717) is 6.04 Å². The molecule has 3 rings (SSSR count). The van der Waals surface area contributed by atoms with Crippen LogP contribution in [0.3, 0.4) is 0 Å². The molecule has 1 saturated heterocycles. The van der Waals surface area contributed by atoms with Crippen LogP contribution in [0, 0.1) is 6.92 Å². The molecule has 1 fully saturated rings. The number of fused-ring (bicyclic) bond motifs is 1. The van der Waals surface area contributed by atoms with Crippen LogP contribution in [-0.4, -0.2) is 40.8 Å².